The third-order valence-electron chi connectivity index (χ3n) is 3.48. The van der Waals surface area contributed by atoms with Gasteiger partial charge in [-0.1, -0.05) is 24.6 Å². The number of H-pyrrole nitrogens is 1. The van der Waals surface area contributed by atoms with Crippen LogP contribution < -0.4 is 0 Å². The third-order valence-corrected chi connectivity index (χ3v) is 4.45. The number of rotatable bonds is 3. The van der Waals surface area contributed by atoms with Crippen molar-refractivity contribution in [1.82, 2.24) is 24.8 Å². The Morgan fingerprint density at radius 1 is 1.20 bits per heavy atom. The van der Waals surface area contributed by atoms with Gasteiger partial charge in [0.1, 0.15) is 16.9 Å². The van der Waals surface area contributed by atoms with Gasteiger partial charge < -0.3 is 9.88 Å². The summed E-state index contributed by atoms with van der Waals surface area (Å²) in [6.07, 6.45) is 7.79. The van der Waals surface area contributed by atoms with Crippen LogP contribution in [-0.2, 0) is 4.79 Å². The lowest BCUT2D eigenvalue weighted by Gasteiger charge is -2.19. The van der Waals surface area contributed by atoms with Crippen LogP contribution in [0.15, 0.2) is 17.7 Å². The second-order valence-corrected chi connectivity index (χ2v) is 5.83. The molecule has 1 amide bonds. The molecule has 106 valence electrons. The zero-order chi connectivity index (χ0) is 13.8. The maximum absolute atomic E-state index is 12.2. The van der Waals surface area contributed by atoms with Crippen molar-refractivity contribution in [3.05, 3.63) is 12.7 Å². The summed E-state index contributed by atoms with van der Waals surface area (Å²) in [5.41, 5.74) is 1.45. The van der Waals surface area contributed by atoms with E-state index in [0.29, 0.717) is 11.4 Å². The van der Waals surface area contributed by atoms with Gasteiger partial charge in [-0.3, -0.25) is 4.79 Å². The predicted octanol–water partition coefficient (Wildman–Crippen LogP) is 1.85. The highest BCUT2D eigenvalue weighted by molar-refractivity contribution is 8.00. The fourth-order valence-electron chi connectivity index (χ4n) is 2.39. The molecule has 1 N–H and O–H groups in total. The molecule has 20 heavy (non-hydrogen) atoms. The van der Waals surface area contributed by atoms with Crippen molar-refractivity contribution in [3.63, 3.8) is 0 Å². The van der Waals surface area contributed by atoms with Gasteiger partial charge in [0.05, 0.1) is 12.1 Å². The molecule has 6 nitrogen and oxygen atoms in total. The molecule has 0 radical (unpaired) electrons. The van der Waals surface area contributed by atoms with Crippen molar-refractivity contribution in [2.24, 2.45) is 0 Å². The number of aromatic amines is 1. The summed E-state index contributed by atoms with van der Waals surface area (Å²) in [7, 11) is 0. The molecule has 3 rings (SSSR count). The minimum absolute atomic E-state index is 0.197. The summed E-state index contributed by atoms with van der Waals surface area (Å²) >= 11 is 1.45. The van der Waals surface area contributed by atoms with Gasteiger partial charge in [0.2, 0.25) is 5.91 Å². The molecule has 2 aromatic rings. The van der Waals surface area contributed by atoms with Crippen LogP contribution in [0.5, 0.6) is 0 Å². The zero-order valence-corrected chi connectivity index (χ0v) is 12.0. The number of carbonyl (C=O) groups excluding carboxylic acids is 1. The first-order valence-corrected chi connectivity index (χ1v) is 7.88. The smallest absolute Gasteiger partial charge is 0.232 e. The standard InChI is InChI=1S/C13H17N5OS/c19-10(18-5-3-1-2-4-6-18)7-20-13-11-12(15-8-14-11)16-9-17-13/h8-9H,1-7H2,(H,14,15,16,17). The molecule has 1 aliphatic heterocycles. The highest BCUT2D eigenvalue weighted by Gasteiger charge is 2.16. The molecule has 0 atom stereocenters. The SMILES string of the molecule is O=C(CSc1ncnc2nc[nH]c12)N1CCCCCC1. The van der Waals surface area contributed by atoms with E-state index < -0.39 is 0 Å². The first-order valence-electron chi connectivity index (χ1n) is 6.89. The Labute approximate surface area is 121 Å². The summed E-state index contributed by atoms with van der Waals surface area (Å²) in [5, 5.41) is 0.788. The number of hydrogen-bond acceptors (Lipinski definition) is 5. The van der Waals surface area contributed by atoms with E-state index in [1.54, 1.807) is 6.33 Å². The summed E-state index contributed by atoms with van der Waals surface area (Å²) < 4.78 is 0. The van der Waals surface area contributed by atoms with Crippen LogP contribution >= 0.6 is 11.8 Å². The predicted molar refractivity (Wildman–Crippen MR) is 77.5 cm³/mol. The van der Waals surface area contributed by atoms with E-state index in [-0.39, 0.29) is 5.91 Å². The number of amides is 1. The number of aromatic nitrogens is 4. The molecule has 0 aromatic carbocycles. The number of carbonyl (C=O) groups is 1. The van der Waals surface area contributed by atoms with Crippen molar-refractivity contribution in [3.8, 4) is 0 Å². The van der Waals surface area contributed by atoms with Crippen molar-refractivity contribution in [2.45, 2.75) is 30.7 Å². The monoisotopic (exact) mass is 291 g/mol. The number of likely N-dealkylation sites (tertiary alicyclic amines) is 1. The first-order chi connectivity index (χ1) is 9.84. The van der Waals surface area contributed by atoms with Gasteiger partial charge in [-0.15, -0.1) is 0 Å². The van der Waals surface area contributed by atoms with Gasteiger partial charge in [0.25, 0.3) is 0 Å². The van der Waals surface area contributed by atoms with Crippen LogP contribution in [0.2, 0.25) is 0 Å². The van der Waals surface area contributed by atoms with Gasteiger partial charge in [0, 0.05) is 13.1 Å². The fourth-order valence-corrected chi connectivity index (χ4v) is 3.25. The molecule has 1 fully saturated rings. The van der Waals surface area contributed by atoms with Gasteiger partial charge in [0.15, 0.2) is 5.65 Å². The van der Waals surface area contributed by atoms with Gasteiger partial charge in [-0.05, 0) is 12.8 Å². The van der Waals surface area contributed by atoms with E-state index in [1.807, 2.05) is 4.90 Å². The van der Waals surface area contributed by atoms with Crippen LogP contribution in [0.1, 0.15) is 25.7 Å². The number of thioether (sulfide) groups is 1. The Balaban J connectivity index is 1.63. The van der Waals surface area contributed by atoms with Crippen LogP contribution in [0.25, 0.3) is 11.2 Å². The van der Waals surface area contributed by atoms with Crippen LogP contribution in [-0.4, -0.2) is 49.6 Å². The molecule has 7 heteroatoms. The van der Waals surface area contributed by atoms with E-state index in [2.05, 4.69) is 19.9 Å². The third kappa shape index (κ3) is 2.92. The summed E-state index contributed by atoms with van der Waals surface area (Å²) in [6, 6.07) is 0. The number of imidazole rings is 1. The fraction of sp³-hybridized carbons (Fsp3) is 0.538. The highest BCUT2D eigenvalue weighted by Crippen LogP contribution is 2.22. The van der Waals surface area contributed by atoms with E-state index >= 15 is 0 Å². The van der Waals surface area contributed by atoms with Crippen molar-refractivity contribution >= 4 is 28.8 Å². The number of nitrogens with one attached hydrogen (secondary N) is 1. The molecular weight excluding hydrogens is 274 g/mol. The average Bonchev–Trinajstić information content (AvgIpc) is 2.79. The minimum Gasteiger partial charge on any atom is -0.342 e. The zero-order valence-electron chi connectivity index (χ0n) is 11.2. The van der Waals surface area contributed by atoms with Gasteiger partial charge >= 0.3 is 0 Å². The molecule has 3 heterocycles. The molecule has 2 aromatic heterocycles. The largest absolute Gasteiger partial charge is 0.342 e. The van der Waals surface area contributed by atoms with Crippen LogP contribution in [0.4, 0.5) is 0 Å². The second kappa shape index (κ2) is 6.21. The van der Waals surface area contributed by atoms with Gasteiger partial charge in [-0.25, -0.2) is 15.0 Å². The quantitative estimate of drug-likeness (QED) is 0.690. The Kier molecular flexibility index (Phi) is 4.15. The highest BCUT2D eigenvalue weighted by atomic mass is 32.2. The van der Waals surface area contributed by atoms with E-state index in [4.69, 9.17) is 0 Å². The summed E-state index contributed by atoms with van der Waals surface area (Å²) in [6.45, 7) is 1.78. The lowest BCUT2D eigenvalue weighted by atomic mass is 10.2. The topological polar surface area (TPSA) is 74.8 Å². The second-order valence-electron chi connectivity index (χ2n) is 4.86. The summed E-state index contributed by atoms with van der Waals surface area (Å²) in [5.74, 6) is 0.619. The lowest BCUT2D eigenvalue weighted by Crippen LogP contribution is -2.33. The first kappa shape index (κ1) is 13.4. The minimum atomic E-state index is 0.197. The van der Waals surface area contributed by atoms with Gasteiger partial charge in [-0.2, -0.15) is 0 Å². The average molecular weight is 291 g/mol. The molecule has 0 saturated carbocycles. The number of fused-ring (bicyclic) bond motifs is 1. The summed E-state index contributed by atoms with van der Waals surface area (Å²) in [4.78, 5) is 29.6. The van der Waals surface area contributed by atoms with E-state index in [0.717, 1.165) is 36.5 Å². The lowest BCUT2D eigenvalue weighted by molar-refractivity contribution is -0.128. The van der Waals surface area contributed by atoms with Crippen molar-refractivity contribution in [1.29, 1.82) is 0 Å². The molecule has 0 unspecified atom stereocenters. The van der Waals surface area contributed by atoms with Crippen molar-refractivity contribution < 1.29 is 4.79 Å². The maximum Gasteiger partial charge on any atom is 0.232 e. The normalized spacial score (nSPS) is 16.3. The Morgan fingerprint density at radius 3 is 2.80 bits per heavy atom. The molecular formula is C13H17N5OS. The van der Waals surface area contributed by atoms with E-state index in [1.165, 1.54) is 30.9 Å². The van der Waals surface area contributed by atoms with Crippen LogP contribution in [0.3, 0.4) is 0 Å². The molecule has 1 aliphatic rings. The molecule has 1 saturated heterocycles. The van der Waals surface area contributed by atoms with Crippen molar-refractivity contribution in [2.75, 3.05) is 18.8 Å². The molecule has 0 bridgehead atoms. The Morgan fingerprint density at radius 2 is 2.00 bits per heavy atom. The number of nitrogens with zero attached hydrogens (tertiary/aromatic N) is 4. The molecule has 0 spiro atoms. The molecule has 0 aliphatic carbocycles. The maximum atomic E-state index is 12.2. The Hall–Kier alpha value is -1.63. The van der Waals surface area contributed by atoms with E-state index in [9.17, 15) is 4.79 Å². The number of hydrogen-bond donors (Lipinski definition) is 1. The Bertz CT molecular complexity index is 591. The van der Waals surface area contributed by atoms with Crippen LogP contribution in [0, 0.1) is 0 Å².